The minimum absolute atomic E-state index is 0.144. The van der Waals surface area contributed by atoms with E-state index >= 15 is 0 Å². The van der Waals surface area contributed by atoms with Crippen LogP contribution < -0.4 is 5.32 Å². The normalized spacial score (nSPS) is 17.9. The standard InChI is InChI=1S/C15H21NO2/c1-4-18-14(17)15(3,12-8-9-12)16-13-7-5-6-11(2)10-13/h5-7,10,12,16H,4,8-9H2,1-3H3. The van der Waals surface area contributed by atoms with Gasteiger partial charge >= 0.3 is 5.97 Å². The molecule has 1 N–H and O–H groups in total. The molecule has 0 spiro atoms. The molecule has 3 heteroatoms. The number of esters is 1. The molecule has 0 heterocycles. The molecule has 0 amide bonds. The summed E-state index contributed by atoms with van der Waals surface area (Å²) in [5, 5.41) is 3.37. The van der Waals surface area contributed by atoms with Gasteiger partial charge in [0, 0.05) is 5.69 Å². The van der Waals surface area contributed by atoms with E-state index < -0.39 is 5.54 Å². The summed E-state index contributed by atoms with van der Waals surface area (Å²) in [5.74, 6) is 0.242. The zero-order valence-electron chi connectivity index (χ0n) is 11.3. The molecule has 1 aromatic carbocycles. The zero-order valence-corrected chi connectivity index (χ0v) is 11.3. The Kier molecular flexibility index (Phi) is 3.60. The number of anilines is 1. The molecule has 1 aliphatic carbocycles. The van der Waals surface area contributed by atoms with Crippen molar-refractivity contribution in [3.63, 3.8) is 0 Å². The van der Waals surface area contributed by atoms with Gasteiger partial charge in [0.05, 0.1) is 6.61 Å². The largest absolute Gasteiger partial charge is 0.464 e. The van der Waals surface area contributed by atoms with Crippen LogP contribution in [0.2, 0.25) is 0 Å². The van der Waals surface area contributed by atoms with Crippen LogP contribution in [0.4, 0.5) is 5.69 Å². The van der Waals surface area contributed by atoms with Crippen molar-refractivity contribution in [2.24, 2.45) is 5.92 Å². The third-order valence-corrected chi connectivity index (χ3v) is 3.52. The lowest BCUT2D eigenvalue weighted by atomic mass is 9.95. The first-order valence-corrected chi connectivity index (χ1v) is 6.58. The molecular formula is C15H21NO2. The van der Waals surface area contributed by atoms with Crippen LogP contribution >= 0.6 is 0 Å². The highest BCUT2D eigenvalue weighted by molar-refractivity contribution is 5.85. The molecule has 0 aliphatic heterocycles. The number of ether oxygens (including phenoxy) is 1. The molecule has 0 saturated heterocycles. The third-order valence-electron chi connectivity index (χ3n) is 3.52. The van der Waals surface area contributed by atoms with Gasteiger partial charge in [-0.1, -0.05) is 12.1 Å². The lowest BCUT2D eigenvalue weighted by Gasteiger charge is -2.29. The zero-order chi connectivity index (χ0) is 13.2. The van der Waals surface area contributed by atoms with Gasteiger partial charge in [-0.05, 0) is 57.2 Å². The molecule has 98 valence electrons. The summed E-state index contributed by atoms with van der Waals surface area (Å²) in [6.45, 7) is 6.27. The van der Waals surface area contributed by atoms with Crippen LogP contribution in [0.1, 0.15) is 32.3 Å². The highest BCUT2D eigenvalue weighted by Crippen LogP contribution is 2.42. The topological polar surface area (TPSA) is 38.3 Å². The SMILES string of the molecule is CCOC(=O)C(C)(Nc1cccc(C)c1)C1CC1. The van der Waals surface area contributed by atoms with Crippen molar-refractivity contribution in [3.05, 3.63) is 29.8 Å². The second-order valence-corrected chi connectivity index (χ2v) is 5.19. The summed E-state index contributed by atoms with van der Waals surface area (Å²) in [4.78, 5) is 12.2. The molecule has 2 rings (SSSR count). The van der Waals surface area contributed by atoms with Gasteiger partial charge in [0.15, 0.2) is 0 Å². The van der Waals surface area contributed by atoms with Crippen LogP contribution in [0, 0.1) is 12.8 Å². The molecule has 0 radical (unpaired) electrons. The van der Waals surface area contributed by atoms with Crippen LogP contribution in [0.25, 0.3) is 0 Å². The van der Waals surface area contributed by atoms with Gasteiger partial charge in [0.2, 0.25) is 0 Å². The van der Waals surface area contributed by atoms with Gasteiger partial charge < -0.3 is 10.1 Å². The van der Waals surface area contributed by atoms with Gasteiger partial charge in [-0.15, -0.1) is 0 Å². The monoisotopic (exact) mass is 247 g/mol. The van der Waals surface area contributed by atoms with E-state index in [2.05, 4.69) is 11.4 Å². The smallest absolute Gasteiger partial charge is 0.331 e. The Morgan fingerprint density at radius 1 is 1.50 bits per heavy atom. The number of carbonyl (C=O) groups is 1. The number of carbonyl (C=O) groups excluding carboxylic acids is 1. The molecule has 0 bridgehead atoms. The molecule has 1 atom stereocenters. The average Bonchev–Trinajstić information content (AvgIpc) is 3.13. The van der Waals surface area contributed by atoms with Crippen molar-refractivity contribution in [2.75, 3.05) is 11.9 Å². The first-order chi connectivity index (χ1) is 8.56. The maximum Gasteiger partial charge on any atom is 0.331 e. The summed E-state index contributed by atoms with van der Waals surface area (Å²) in [6.07, 6.45) is 2.18. The van der Waals surface area contributed by atoms with E-state index in [0.717, 1.165) is 18.5 Å². The van der Waals surface area contributed by atoms with E-state index in [1.165, 1.54) is 5.56 Å². The van der Waals surface area contributed by atoms with Crippen LogP contribution in [-0.4, -0.2) is 18.1 Å². The summed E-state index contributed by atoms with van der Waals surface area (Å²) in [6, 6.07) is 8.09. The van der Waals surface area contributed by atoms with E-state index in [4.69, 9.17) is 4.74 Å². The van der Waals surface area contributed by atoms with Crippen molar-refractivity contribution in [2.45, 2.75) is 39.2 Å². The van der Waals surface area contributed by atoms with Gasteiger partial charge in [0.1, 0.15) is 5.54 Å². The summed E-state index contributed by atoms with van der Waals surface area (Å²) in [7, 11) is 0. The first-order valence-electron chi connectivity index (χ1n) is 6.58. The van der Waals surface area contributed by atoms with Crippen LogP contribution in [-0.2, 0) is 9.53 Å². The Balaban J connectivity index is 2.18. The van der Waals surface area contributed by atoms with Crippen molar-refractivity contribution in [1.82, 2.24) is 0 Å². The van der Waals surface area contributed by atoms with Crippen molar-refractivity contribution >= 4 is 11.7 Å². The van der Waals surface area contributed by atoms with Gasteiger partial charge in [-0.2, -0.15) is 0 Å². The number of aryl methyl sites for hydroxylation is 1. The number of hydrogen-bond donors (Lipinski definition) is 1. The molecular weight excluding hydrogens is 226 g/mol. The Labute approximate surface area is 109 Å². The van der Waals surface area contributed by atoms with E-state index in [0.29, 0.717) is 12.5 Å². The molecule has 1 saturated carbocycles. The van der Waals surface area contributed by atoms with Crippen molar-refractivity contribution in [1.29, 1.82) is 0 Å². The Morgan fingerprint density at radius 2 is 2.22 bits per heavy atom. The second-order valence-electron chi connectivity index (χ2n) is 5.19. The molecule has 3 nitrogen and oxygen atoms in total. The second kappa shape index (κ2) is 5.01. The van der Waals surface area contributed by atoms with Gasteiger partial charge in [-0.3, -0.25) is 0 Å². The van der Waals surface area contributed by atoms with E-state index in [1.54, 1.807) is 0 Å². The fourth-order valence-electron chi connectivity index (χ4n) is 2.28. The van der Waals surface area contributed by atoms with Gasteiger partial charge in [0.25, 0.3) is 0 Å². The lowest BCUT2D eigenvalue weighted by Crippen LogP contribution is -2.46. The number of hydrogen-bond acceptors (Lipinski definition) is 3. The van der Waals surface area contributed by atoms with E-state index in [-0.39, 0.29) is 5.97 Å². The Hall–Kier alpha value is -1.51. The van der Waals surface area contributed by atoms with Crippen LogP contribution in [0.3, 0.4) is 0 Å². The highest BCUT2D eigenvalue weighted by Gasteiger charge is 2.48. The predicted molar refractivity (Wildman–Crippen MR) is 72.6 cm³/mol. The molecule has 18 heavy (non-hydrogen) atoms. The van der Waals surface area contributed by atoms with Gasteiger partial charge in [-0.25, -0.2) is 4.79 Å². The fraction of sp³-hybridized carbons (Fsp3) is 0.533. The molecule has 0 aromatic heterocycles. The Morgan fingerprint density at radius 3 is 2.78 bits per heavy atom. The predicted octanol–water partition coefficient (Wildman–Crippen LogP) is 3.14. The molecule has 1 fully saturated rings. The fourth-order valence-corrected chi connectivity index (χ4v) is 2.28. The van der Waals surface area contributed by atoms with Crippen LogP contribution in [0.5, 0.6) is 0 Å². The summed E-state index contributed by atoms with van der Waals surface area (Å²) in [5.41, 5.74) is 1.57. The van der Waals surface area contributed by atoms with E-state index in [1.807, 2.05) is 39.0 Å². The number of rotatable bonds is 5. The Bertz CT molecular complexity index is 440. The maximum absolute atomic E-state index is 12.2. The first kappa shape index (κ1) is 12.9. The minimum Gasteiger partial charge on any atom is -0.464 e. The summed E-state index contributed by atoms with van der Waals surface area (Å²) < 4.78 is 5.21. The number of benzene rings is 1. The average molecular weight is 247 g/mol. The molecule has 1 aliphatic rings. The highest BCUT2D eigenvalue weighted by atomic mass is 16.5. The van der Waals surface area contributed by atoms with Crippen molar-refractivity contribution in [3.8, 4) is 0 Å². The molecule has 1 unspecified atom stereocenters. The molecule has 1 aromatic rings. The number of nitrogens with one attached hydrogen (secondary N) is 1. The van der Waals surface area contributed by atoms with E-state index in [9.17, 15) is 4.79 Å². The van der Waals surface area contributed by atoms with Crippen LogP contribution in [0.15, 0.2) is 24.3 Å². The van der Waals surface area contributed by atoms with Crippen molar-refractivity contribution < 1.29 is 9.53 Å². The minimum atomic E-state index is -0.593. The summed E-state index contributed by atoms with van der Waals surface area (Å²) >= 11 is 0. The lowest BCUT2D eigenvalue weighted by molar-refractivity contribution is -0.148. The third kappa shape index (κ3) is 2.66. The maximum atomic E-state index is 12.2. The quantitative estimate of drug-likeness (QED) is 0.812.